The number of amides is 2. The zero-order valence-electron chi connectivity index (χ0n) is 19.8. The highest BCUT2D eigenvalue weighted by atomic mass is 16.6. The van der Waals surface area contributed by atoms with Crippen LogP contribution >= 0.6 is 0 Å². The number of hydrogen-bond donors (Lipinski definition) is 2. The molecular formula is C24H38N2O6. The van der Waals surface area contributed by atoms with Crippen LogP contribution in [0.3, 0.4) is 0 Å². The van der Waals surface area contributed by atoms with E-state index in [1.54, 1.807) is 11.8 Å². The molecule has 0 aromatic rings. The first-order valence-electron chi connectivity index (χ1n) is 12.3. The Hall–Kier alpha value is -1.67. The zero-order chi connectivity index (χ0) is 23.3. The third-order valence-corrected chi connectivity index (χ3v) is 8.27. The van der Waals surface area contributed by atoms with Gasteiger partial charge in [0.05, 0.1) is 30.8 Å². The van der Waals surface area contributed by atoms with E-state index in [2.05, 4.69) is 5.32 Å². The molecule has 8 nitrogen and oxygen atoms in total. The van der Waals surface area contributed by atoms with E-state index in [1.807, 2.05) is 20.8 Å². The molecule has 32 heavy (non-hydrogen) atoms. The van der Waals surface area contributed by atoms with Crippen molar-refractivity contribution in [1.82, 2.24) is 10.2 Å². The van der Waals surface area contributed by atoms with E-state index in [1.165, 1.54) is 6.42 Å². The predicted octanol–water partition coefficient (Wildman–Crippen LogP) is 1.78. The molecule has 1 aliphatic carbocycles. The van der Waals surface area contributed by atoms with Crippen molar-refractivity contribution in [3.63, 3.8) is 0 Å². The lowest BCUT2D eigenvalue weighted by Gasteiger charge is -2.39. The van der Waals surface area contributed by atoms with Gasteiger partial charge in [-0.3, -0.25) is 14.4 Å². The van der Waals surface area contributed by atoms with Crippen LogP contribution in [-0.2, 0) is 23.9 Å². The van der Waals surface area contributed by atoms with Crippen LogP contribution in [0.15, 0.2) is 0 Å². The van der Waals surface area contributed by atoms with Crippen LogP contribution < -0.4 is 5.32 Å². The average Bonchev–Trinajstić information content (AvgIpc) is 3.31. The smallest absolute Gasteiger partial charge is 0.312 e. The minimum atomic E-state index is -1.07. The first-order valence-corrected chi connectivity index (χ1v) is 12.3. The Balaban J connectivity index is 1.74. The second-order valence-corrected chi connectivity index (χ2v) is 10.6. The summed E-state index contributed by atoms with van der Waals surface area (Å²) in [6, 6.07) is -1.30. The standard InChI is InChI=1S/C24H38N2O6/c1-5-31-22(30)18-17-21(29)26(16(13-27)14(2)3)19(24(17)12-11-23(18,4)32-24)20(28)25-15-9-7-6-8-10-15/h14-19,27H,5-13H2,1-4H3,(H,25,28)/t16-,17-,18+,19?,23-,24?/m0/s1. The Morgan fingerprint density at radius 3 is 2.53 bits per heavy atom. The summed E-state index contributed by atoms with van der Waals surface area (Å²) in [5, 5.41) is 13.4. The van der Waals surface area contributed by atoms with E-state index in [-0.39, 0.29) is 37.0 Å². The molecule has 2 amide bonds. The Bertz CT molecular complexity index is 766. The van der Waals surface area contributed by atoms with Gasteiger partial charge >= 0.3 is 5.97 Å². The molecule has 0 radical (unpaired) electrons. The molecule has 180 valence electrons. The molecule has 2 N–H and O–H groups in total. The Labute approximate surface area is 190 Å². The summed E-state index contributed by atoms with van der Waals surface area (Å²) in [7, 11) is 0. The van der Waals surface area contributed by atoms with Gasteiger partial charge in [-0.1, -0.05) is 33.1 Å². The zero-order valence-corrected chi connectivity index (χ0v) is 19.8. The molecule has 3 heterocycles. The van der Waals surface area contributed by atoms with Crippen molar-refractivity contribution in [1.29, 1.82) is 0 Å². The average molecular weight is 451 g/mol. The van der Waals surface area contributed by atoms with E-state index >= 15 is 0 Å². The van der Waals surface area contributed by atoms with Crippen LogP contribution in [0.4, 0.5) is 0 Å². The van der Waals surface area contributed by atoms with Gasteiger partial charge in [0.15, 0.2) is 0 Å². The number of ether oxygens (including phenoxy) is 2. The molecule has 4 rings (SSSR count). The lowest BCUT2D eigenvalue weighted by atomic mass is 9.66. The molecule has 1 saturated carbocycles. The van der Waals surface area contributed by atoms with Crippen molar-refractivity contribution < 1.29 is 29.0 Å². The number of nitrogens with one attached hydrogen (secondary N) is 1. The Kier molecular flexibility index (Phi) is 6.31. The van der Waals surface area contributed by atoms with Crippen LogP contribution in [-0.4, -0.2) is 70.3 Å². The van der Waals surface area contributed by atoms with E-state index in [9.17, 15) is 19.5 Å². The molecule has 2 bridgehead atoms. The van der Waals surface area contributed by atoms with Gasteiger partial charge in [-0.05, 0) is 45.4 Å². The molecule has 0 aromatic heterocycles. The minimum Gasteiger partial charge on any atom is -0.466 e. The molecule has 3 aliphatic heterocycles. The monoisotopic (exact) mass is 450 g/mol. The van der Waals surface area contributed by atoms with Gasteiger partial charge < -0.3 is 24.8 Å². The number of likely N-dealkylation sites (tertiary alicyclic amines) is 1. The highest BCUT2D eigenvalue weighted by Crippen LogP contribution is 2.63. The SMILES string of the molecule is CCOC(=O)[C@H]1[C@H]2C(=O)N([C@@H](CO)C(C)C)C(C(=O)NC3CCCCC3)C23CC[C@]1(C)O3. The fourth-order valence-electron chi connectivity index (χ4n) is 6.76. The van der Waals surface area contributed by atoms with Crippen LogP contribution in [0.25, 0.3) is 0 Å². The Morgan fingerprint density at radius 1 is 1.25 bits per heavy atom. The normalized spacial score (nSPS) is 37.6. The summed E-state index contributed by atoms with van der Waals surface area (Å²) in [6.45, 7) is 7.44. The Morgan fingerprint density at radius 2 is 1.94 bits per heavy atom. The highest BCUT2D eigenvalue weighted by Gasteiger charge is 2.78. The van der Waals surface area contributed by atoms with Crippen LogP contribution in [0.2, 0.25) is 0 Å². The summed E-state index contributed by atoms with van der Waals surface area (Å²) in [5.41, 5.74) is -1.89. The molecule has 4 aliphatic rings. The number of carbonyl (C=O) groups excluding carboxylic acids is 3. The first-order chi connectivity index (χ1) is 15.2. The lowest BCUT2D eigenvalue weighted by molar-refractivity contribution is -0.160. The third kappa shape index (κ3) is 3.45. The maximum absolute atomic E-state index is 13.9. The molecule has 1 spiro atoms. The second kappa shape index (κ2) is 8.60. The molecule has 2 unspecified atom stereocenters. The topological polar surface area (TPSA) is 105 Å². The van der Waals surface area contributed by atoms with Crippen molar-refractivity contribution in [3.8, 4) is 0 Å². The summed E-state index contributed by atoms with van der Waals surface area (Å²) in [6.07, 6.45) is 6.32. The molecule has 6 atom stereocenters. The van der Waals surface area contributed by atoms with E-state index < -0.39 is 41.1 Å². The van der Waals surface area contributed by atoms with Gasteiger partial charge in [0.1, 0.15) is 17.6 Å². The van der Waals surface area contributed by atoms with Crippen LogP contribution in [0, 0.1) is 17.8 Å². The van der Waals surface area contributed by atoms with Crippen molar-refractivity contribution in [3.05, 3.63) is 0 Å². The minimum absolute atomic E-state index is 0.0574. The number of esters is 1. The van der Waals surface area contributed by atoms with Gasteiger partial charge in [0, 0.05) is 6.04 Å². The van der Waals surface area contributed by atoms with E-state index in [0.29, 0.717) is 12.8 Å². The van der Waals surface area contributed by atoms with Gasteiger partial charge in [-0.15, -0.1) is 0 Å². The van der Waals surface area contributed by atoms with Crippen molar-refractivity contribution >= 4 is 17.8 Å². The third-order valence-electron chi connectivity index (χ3n) is 8.27. The van der Waals surface area contributed by atoms with Crippen LogP contribution in [0.5, 0.6) is 0 Å². The van der Waals surface area contributed by atoms with Crippen LogP contribution in [0.1, 0.15) is 72.6 Å². The lowest BCUT2D eigenvalue weighted by Crippen LogP contribution is -2.60. The highest BCUT2D eigenvalue weighted by molar-refractivity contribution is 5.98. The largest absolute Gasteiger partial charge is 0.466 e. The van der Waals surface area contributed by atoms with Crippen molar-refractivity contribution in [2.24, 2.45) is 17.8 Å². The summed E-state index contributed by atoms with van der Waals surface area (Å²) in [5.74, 6) is -2.50. The number of nitrogens with zero attached hydrogens (tertiary/aromatic N) is 1. The van der Waals surface area contributed by atoms with Gasteiger partial charge in [-0.2, -0.15) is 0 Å². The number of fused-ring (bicyclic) bond motifs is 1. The molecule has 0 aromatic carbocycles. The second-order valence-electron chi connectivity index (χ2n) is 10.6. The molecular weight excluding hydrogens is 412 g/mol. The van der Waals surface area contributed by atoms with Gasteiger partial charge in [0.2, 0.25) is 11.8 Å². The first kappa shape index (κ1) is 23.5. The number of aliphatic hydroxyl groups excluding tert-OH is 1. The number of aliphatic hydroxyl groups is 1. The van der Waals surface area contributed by atoms with E-state index in [0.717, 1.165) is 25.7 Å². The van der Waals surface area contributed by atoms with E-state index in [4.69, 9.17) is 9.47 Å². The number of rotatable bonds is 7. The van der Waals surface area contributed by atoms with Gasteiger partial charge in [0.25, 0.3) is 0 Å². The summed E-state index contributed by atoms with van der Waals surface area (Å²) in [4.78, 5) is 42.2. The fourth-order valence-corrected chi connectivity index (χ4v) is 6.76. The molecule has 8 heteroatoms. The maximum atomic E-state index is 13.9. The van der Waals surface area contributed by atoms with Crippen molar-refractivity contribution in [2.45, 2.75) is 102 Å². The quantitative estimate of drug-likeness (QED) is 0.573. The maximum Gasteiger partial charge on any atom is 0.312 e. The summed E-state index contributed by atoms with van der Waals surface area (Å²) < 4.78 is 11.9. The molecule has 3 saturated heterocycles. The summed E-state index contributed by atoms with van der Waals surface area (Å²) >= 11 is 0. The number of hydrogen-bond acceptors (Lipinski definition) is 6. The molecule has 4 fully saturated rings. The fraction of sp³-hybridized carbons (Fsp3) is 0.875. The number of carbonyl (C=O) groups is 3. The predicted molar refractivity (Wildman–Crippen MR) is 116 cm³/mol. The van der Waals surface area contributed by atoms with Gasteiger partial charge in [-0.25, -0.2) is 0 Å². The van der Waals surface area contributed by atoms with Crippen molar-refractivity contribution in [2.75, 3.05) is 13.2 Å².